The van der Waals surface area contributed by atoms with E-state index in [1.807, 2.05) is 65.6 Å². The highest BCUT2D eigenvalue weighted by Gasteiger charge is 2.12. The zero-order chi connectivity index (χ0) is 14.9. The van der Waals surface area contributed by atoms with Crippen LogP contribution >= 0.6 is 0 Å². The van der Waals surface area contributed by atoms with Gasteiger partial charge in [0.1, 0.15) is 0 Å². The SMILES string of the molecule is N#CCCN(CC(=O)c1ccccc1)Cc1ccccc1. The van der Waals surface area contributed by atoms with E-state index in [0.717, 1.165) is 5.56 Å². The van der Waals surface area contributed by atoms with Gasteiger partial charge in [-0.15, -0.1) is 0 Å². The van der Waals surface area contributed by atoms with Gasteiger partial charge in [0.25, 0.3) is 0 Å². The highest BCUT2D eigenvalue weighted by Crippen LogP contribution is 2.08. The Morgan fingerprint density at radius 1 is 1.00 bits per heavy atom. The van der Waals surface area contributed by atoms with Gasteiger partial charge in [-0.3, -0.25) is 9.69 Å². The first kappa shape index (κ1) is 15.0. The molecule has 0 heterocycles. The van der Waals surface area contributed by atoms with E-state index in [4.69, 9.17) is 5.26 Å². The Kier molecular flexibility index (Phi) is 5.69. The lowest BCUT2D eigenvalue weighted by Crippen LogP contribution is -2.30. The number of Topliss-reactive ketones (excluding diaryl/α,β-unsaturated/α-hetero) is 1. The number of ketones is 1. The van der Waals surface area contributed by atoms with Gasteiger partial charge in [0, 0.05) is 25.1 Å². The molecule has 0 aromatic heterocycles. The molecule has 0 fully saturated rings. The maximum Gasteiger partial charge on any atom is 0.176 e. The van der Waals surface area contributed by atoms with Gasteiger partial charge in [-0.1, -0.05) is 60.7 Å². The smallest absolute Gasteiger partial charge is 0.176 e. The fraction of sp³-hybridized carbons (Fsp3) is 0.222. The number of hydrogen-bond acceptors (Lipinski definition) is 3. The Morgan fingerprint density at radius 3 is 2.24 bits per heavy atom. The Bertz CT molecular complexity index is 602. The van der Waals surface area contributed by atoms with Crippen LogP contribution in [0, 0.1) is 11.3 Å². The molecule has 0 bridgehead atoms. The molecule has 0 saturated heterocycles. The molecule has 2 aromatic rings. The minimum Gasteiger partial charge on any atom is -0.293 e. The fourth-order valence-corrected chi connectivity index (χ4v) is 2.18. The van der Waals surface area contributed by atoms with Crippen molar-refractivity contribution in [3.05, 3.63) is 71.8 Å². The van der Waals surface area contributed by atoms with Crippen molar-refractivity contribution in [3.8, 4) is 6.07 Å². The molecule has 2 aromatic carbocycles. The van der Waals surface area contributed by atoms with E-state index in [-0.39, 0.29) is 5.78 Å². The summed E-state index contributed by atoms with van der Waals surface area (Å²) in [7, 11) is 0. The van der Waals surface area contributed by atoms with Crippen molar-refractivity contribution in [2.24, 2.45) is 0 Å². The summed E-state index contributed by atoms with van der Waals surface area (Å²) >= 11 is 0. The lowest BCUT2D eigenvalue weighted by Gasteiger charge is -2.20. The average Bonchev–Trinajstić information content (AvgIpc) is 2.54. The fourth-order valence-electron chi connectivity index (χ4n) is 2.18. The third-order valence-corrected chi connectivity index (χ3v) is 3.25. The molecular weight excluding hydrogens is 260 g/mol. The van der Waals surface area contributed by atoms with Crippen LogP contribution in [0.1, 0.15) is 22.3 Å². The van der Waals surface area contributed by atoms with Gasteiger partial charge in [0.05, 0.1) is 12.6 Å². The topological polar surface area (TPSA) is 44.1 Å². The zero-order valence-corrected chi connectivity index (χ0v) is 11.9. The first-order chi connectivity index (χ1) is 10.3. The summed E-state index contributed by atoms with van der Waals surface area (Å²) in [5.41, 5.74) is 1.86. The molecule has 0 spiro atoms. The standard InChI is InChI=1S/C18H18N2O/c19-12-7-13-20(14-16-8-3-1-4-9-16)15-18(21)17-10-5-2-6-11-17/h1-6,8-11H,7,13-15H2. The lowest BCUT2D eigenvalue weighted by atomic mass is 10.1. The number of carbonyl (C=O) groups excluding carboxylic acids is 1. The molecule has 0 atom stereocenters. The molecule has 0 aliphatic heterocycles. The monoisotopic (exact) mass is 278 g/mol. The molecule has 21 heavy (non-hydrogen) atoms. The predicted octanol–water partition coefficient (Wildman–Crippen LogP) is 3.29. The molecule has 0 unspecified atom stereocenters. The van der Waals surface area contributed by atoms with E-state index in [1.54, 1.807) is 0 Å². The largest absolute Gasteiger partial charge is 0.293 e. The van der Waals surface area contributed by atoms with Crippen molar-refractivity contribution in [2.45, 2.75) is 13.0 Å². The van der Waals surface area contributed by atoms with E-state index < -0.39 is 0 Å². The van der Waals surface area contributed by atoms with Crippen molar-refractivity contribution in [1.82, 2.24) is 4.90 Å². The summed E-state index contributed by atoms with van der Waals surface area (Å²) in [6.07, 6.45) is 0.425. The Balaban J connectivity index is 2.02. The van der Waals surface area contributed by atoms with Crippen molar-refractivity contribution in [1.29, 1.82) is 5.26 Å². The second-order valence-corrected chi connectivity index (χ2v) is 4.89. The lowest BCUT2D eigenvalue weighted by molar-refractivity contribution is 0.0927. The molecule has 3 nitrogen and oxygen atoms in total. The van der Waals surface area contributed by atoms with Crippen LogP contribution in [0.2, 0.25) is 0 Å². The summed E-state index contributed by atoms with van der Waals surface area (Å²) in [5.74, 6) is 0.0875. The van der Waals surface area contributed by atoms with Crippen LogP contribution < -0.4 is 0 Å². The van der Waals surface area contributed by atoms with Crippen molar-refractivity contribution >= 4 is 5.78 Å². The Hall–Kier alpha value is -2.44. The summed E-state index contributed by atoms with van der Waals surface area (Å²) in [6, 6.07) is 21.4. The third-order valence-electron chi connectivity index (χ3n) is 3.25. The van der Waals surface area contributed by atoms with E-state index in [1.165, 1.54) is 0 Å². The second-order valence-electron chi connectivity index (χ2n) is 4.89. The van der Waals surface area contributed by atoms with Crippen LogP contribution in [0.25, 0.3) is 0 Å². The van der Waals surface area contributed by atoms with Crippen molar-refractivity contribution in [2.75, 3.05) is 13.1 Å². The Labute approximate surface area is 125 Å². The van der Waals surface area contributed by atoms with E-state index in [2.05, 4.69) is 6.07 Å². The van der Waals surface area contributed by atoms with Crippen molar-refractivity contribution in [3.63, 3.8) is 0 Å². The highest BCUT2D eigenvalue weighted by molar-refractivity contribution is 5.97. The minimum absolute atomic E-state index is 0.0875. The summed E-state index contributed by atoms with van der Waals surface area (Å²) in [5, 5.41) is 8.77. The van der Waals surface area contributed by atoms with Crippen LogP contribution in [-0.2, 0) is 6.54 Å². The van der Waals surface area contributed by atoms with Crippen LogP contribution in [0.15, 0.2) is 60.7 Å². The van der Waals surface area contributed by atoms with Crippen molar-refractivity contribution < 1.29 is 4.79 Å². The van der Waals surface area contributed by atoms with Gasteiger partial charge >= 0.3 is 0 Å². The highest BCUT2D eigenvalue weighted by atomic mass is 16.1. The first-order valence-electron chi connectivity index (χ1n) is 7.01. The number of benzene rings is 2. The number of rotatable bonds is 7. The molecule has 3 heteroatoms. The van der Waals surface area contributed by atoms with Gasteiger partial charge in [-0.25, -0.2) is 0 Å². The third kappa shape index (κ3) is 4.87. The number of nitriles is 1. The molecule has 0 N–H and O–H groups in total. The molecule has 0 radical (unpaired) electrons. The second kappa shape index (κ2) is 7.98. The van der Waals surface area contributed by atoms with Crippen LogP contribution in [0.4, 0.5) is 0 Å². The number of nitrogens with zero attached hydrogens (tertiary/aromatic N) is 2. The van der Waals surface area contributed by atoms with E-state index in [9.17, 15) is 4.79 Å². The molecular formula is C18H18N2O. The molecule has 0 amide bonds. The summed E-state index contributed by atoms with van der Waals surface area (Å²) < 4.78 is 0. The molecule has 2 rings (SSSR count). The maximum atomic E-state index is 12.3. The normalized spacial score (nSPS) is 10.3. The number of carbonyl (C=O) groups is 1. The van der Waals surface area contributed by atoms with Gasteiger partial charge in [-0.2, -0.15) is 5.26 Å². The van der Waals surface area contributed by atoms with Gasteiger partial charge in [-0.05, 0) is 5.56 Å². The first-order valence-corrected chi connectivity index (χ1v) is 7.01. The molecule has 0 saturated carbocycles. The Morgan fingerprint density at radius 2 is 1.62 bits per heavy atom. The summed E-state index contributed by atoms with van der Waals surface area (Å²) in [4.78, 5) is 14.3. The van der Waals surface area contributed by atoms with E-state index in [0.29, 0.717) is 31.6 Å². The molecule has 0 aliphatic carbocycles. The number of hydrogen-bond donors (Lipinski definition) is 0. The zero-order valence-electron chi connectivity index (χ0n) is 11.9. The molecule has 0 aliphatic rings. The average molecular weight is 278 g/mol. The van der Waals surface area contributed by atoms with Gasteiger partial charge in [0.15, 0.2) is 5.78 Å². The van der Waals surface area contributed by atoms with Gasteiger partial charge < -0.3 is 0 Å². The predicted molar refractivity (Wildman–Crippen MR) is 82.7 cm³/mol. The quantitative estimate of drug-likeness (QED) is 0.730. The summed E-state index contributed by atoms with van der Waals surface area (Å²) in [6.45, 7) is 1.62. The van der Waals surface area contributed by atoms with Gasteiger partial charge in [0.2, 0.25) is 0 Å². The van der Waals surface area contributed by atoms with Crippen LogP contribution in [0.5, 0.6) is 0 Å². The maximum absolute atomic E-state index is 12.3. The van der Waals surface area contributed by atoms with E-state index >= 15 is 0 Å². The van der Waals surface area contributed by atoms with Crippen LogP contribution in [0.3, 0.4) is 0 Å². The molecule has 106 valence electrons. The van der Waals surface area contributed by atoms with Crippen LogP contribution in [-0.4, -0.2) is 23.8 Å². The minimum atomic E-state index is 0.0875.